The largest absolute Gasteiger partial charge is 0.484 e. The van der Waals surface area contributed by atoms with Crippen LogP contribution in [0.25, 0.3) is 0 Å². The highest BCUT2D eigenvalue weighted by molar-refractivity contribution is 5.95. The molecule has 0 atom stereocenters. The third-order valence-electron chi connectivity index (χ3n) is 4.02. The highest BCUT2D eigenvalue weighted by Gasteiger charge is 2.16. The molecule has 0 unspecified atom stereocenters. The number of amides is 1. The minimum atomic E-state index is -0.141. The van der Waals surface area contributed by atoms with Crippen molar-refractivity contribution in [2.45, 2.75) is 19.8 Å². The first-order chi connectivity index (χ1) is 11.2. The molecular weight excluding hydrogens is 288 g/mol. The number of anilines is 2. The van der Waals surface area contributed by atoms with Crippen molar-refractivity contribution in [3.05, 3.63) is 54.1 Å². The number of aryl methyl sites for hydroxylation is 1. The molecule has 0 bridgehead atoms. The van der Waals surface area contributed by atoms with Crippen LogP contribution in [0.5, 0.6) is 5.75 Å². The number of carbonyl (C=O) groups is 1. The normalized spacial score (nSPS) is 13.9. The van der Waals surface area contributed by atoms with Crippen molar-refractivity contribution in [3.8, 4) is 5.75 Å². The summed E-state index contributed by atoms with van der Waals surface area (Å²) in [6.45, 7) is 4.13. The fraction of sp³-hybridized carbons (Fsp3) is 0.316. The molecule has 2 aromatic rings. The lowest BCUT2D eigenvalue weighted by Gasteiger charge is -2.21. The minimum Gasteiger partial charge on any atom is -0.484 e. The van der Waals surface area contributed by atoms with Gasteiger partial charge in [-0.1, -0.05) is 29.8 Å². The topological polar surface area (TPSA) is 41.6 Å². The van der Waals surface area contributed by atoms with E-state index in [0.717, 1.165) is 24.5 Å². The van der Waals surface area contributed by atoms with Crippen LogP contribution in [-0.2, 0) is 4.79 Å². The highest BCUT2D eigenvalue weighted by Crippen LogP contribution is 2.28. The Balaban J connectivity index is 1.60. The number of nitrogens with zero attached hydrogens (tertiary/aromatic N) is 1. The van der Waals surface area contributed by atoms with Crippen molar-refractivity contribution in [1.82, 2.24) is 0 Å². The molecule has 4 nitrogen and oxygen atoms in total. The second kappa shape index (κ2) is 7.18. The van der Waals surface area contributed by atoms with Gasteiger partial charge < -0.3 is 15.0 Å². The van der Waals surface area contributed by atoms with Gasteiger partial charge in [0.05, 0.1) is 11.4 Å². The number of hydrogen-bond acceptors (Lipinski definition) is 3. The quantitative estimate of drug-likeness (QED) is 0.917. The monoisotopic (exact) mass is 310 g/mol. The zero-order valence-electron chi connectivity index (χ0n) is 13.4. The molecule has 1 aliphatic heterocycles. The Morgan fingerprint density at radius 1 is 1.09 bits per heavy atom. The lowest BCUT2D eigenvalue weighted by Crippen LogP contribution is -2.24. The van der Waals surface area contributed by atoms with Crippen molar-refractivity contribution in [2.24, 2.45) is 0 Å². The van der Waals surface area contributed by atoms with Crippen molar-refractivity contribution in [2.75, 3.05) is 29.9 Å². The standard InChI is InChI=1S/C19H22N2O2/c1-15-8-10-16(11-9-15)23-14-19(22)20-17-6-2-3-7-18(17)21-12-4-5-13-21/h2-3,6-11H,4-5,12-14H2,1H3,(H,20,22). The predicted octanol–water partition coefficient (Wildman–Crippen LogP) is 3.61. The van der Waals surface area contributed by atoms with E-state index in [4.69, 9.17) is 4.74 Å². The van der Waals surface area contributed by atoms with Gasteiger partial charge in [0.1, 0.15) is 5.75 Å². The molecule has 4 heteroatoms. The first-order valence-electron chi connectivity index (χ1n) is 8.06. The van der Waals surface area contributed by atoms with Gasteiger partial charge in [0.15, 0.2) is 6.61 Å². The van der Waals surface area contributed by atoms with Crippen LogP contribution >= 0.6 is 0 Å². The number of para-hydroxylation sites is 2. The fourth-order valence-corrected chi connectivity index (χ4v) is 2.78. The summed E-state index contributed by atoms with van der Waals surface area (Å²) in [5.41, 5.74) is 3.11. The number of hydrogen-bond donors (Lipinski definition) is 1. The molecule has 1 saturated heterocycles. The van der Waals surface area contributed by atoms with Gasteiger partial charge in [-0.25, -0.2) is 0 Å². The van der Waals surface area contributed by atoms with E-state index in [1.54, 1.807) is 0 Å². The van der Waals surface area contributed by atoms with E-state index >= 15 is 0 Å². The maximum absolute atomic E-state index is 12.2. The Labute approximate surface area is 137 Å². The first kappa shape index (κ1) is 15.4. The summed E-state index contributed by atoms with van der Waals surface area (Å²) >= 11 is 0. The average Bonchev–Trinajstić information content (AvgIpc) is 3.09. The molecule has 0 aliphatic carbocycles. The Bertz CT molecular complexity index is 661. The van der Waals surface area contributed by atoms with E-state index in [1.165, 1.54) is 18.4 Å². The zero-order chi connectivity index (χ0) is 16.1. The van der Waals surface area contributed by atoms with Crippen LogP contribution in [0.2, 0.25) is 0 Å². The lowest BCUT2D eigenvalue weighted by molar-refractivity contribution is -0.118. The van der Waals surface area contributed by atoms with Crippen molar-refractivity contribution >= 4 is 17.3 Å². The molecule has 1 N–H and O–H groups in total. The van der Waals surface area contributed by atoms with E-state index in [2.05, 4.69) is 16.3 Å². The molecule has 0 spiro atoms. The molecule has 1 fully saturated rings. The Kier molecular flexibility index (Phi) is 4.81. The van der Waals surface area contributed by atoms with Gasteiger partial charge >= 0.3 is 0 Å². The van der Waals surface area contributed by atoms with E-state index in [9.17, 15) is 4.79 Å². The summed E-state index contributed by atoms with van der Waals surface area (Å²) in [4.78, 5) is 14.5. The maximum atomic E-state index is 12.2. The van der Waals surface area contributed by atoms with E-state index < -0.39 is 0 Å². The molecule has 0 aromatic heterocycles. The number of nitrogens with one attached hydrogen (secondary N) is 1. The molecule has 1 amide bonds. The molecule has 23 heavy (non-hydrogen) atoms. The first-order valence-corrected chi connectivity index (χ1v) is 8.06. The van der Waals surface area contributed by atoms with Crippen molar-refractivity contribution < 1.29 is 9.53 Å². The van der Waals surface area contributed by atoms with Crippen LogP contribution in [0.3, 0.4) is 0 Å². The summed E-state index contributed by atoms with van der Waals surface area (Å²) in [7, 11) is 0. The van der Waals surface area contributed by atoms with Gasteiger partial charge in [0.25, 0.3) is 5.91 Å². The van der Waals surface area contributed by atoms with Crippen LogP contribution in [0.15, 0.2) is 48.5 Å². The van der Waals surface area contributed by atoms with E-state index in [-0.39, 0.29) is 12.5 Å². The summed E-state index contributed by atoms with van der Waals surface area (Å²) in [6, 6.07) is 15.6. The predicted molar refractivity (Wildman–Crippen MR) is 93.2 cm³/mol. The molecule has 0 saturated carbocycles. The van der Waals surface area contributed by atoms with Crippen molar-refractivity contribution in [3.63, 3.8) is 0 Å². The molecule has 1 aliphatic rings. The summed E-state index contributed by atoms with van der Waals surface area (Å²) in [5.74, 6) is 0.566. The zero-order valence-corrected chi connectivity index (χ0v) is 13.4. The summed E-state index contributed by atoms with van der Waals surface area (Å²) in [5, 5.41) is 2.96. The lowest BCUT2D eigenvalue weighted by atomic mass is 10.2. The Morgan fingerprint density at radius 3 is 2.52 bits per heavy atom. The van der Waals surface area contributed by atoms with Crippen LogP contribution in [0.1, 0.15) is 18.4 Å². The highest BCUT2D eigenvalue weighted by atomic mass is 16.5. The van der Waals surface area contributed by atoms with Crippen molar-refractivity contribution in [1.29, 1.82) is 0 Å². The second-order valence-electron chi connectivity index (χ2n) is 5.86. The third-order valence-corrected chi connectivity index (χ3v) is 4.02. The van der Waals surface area contributed by atoms with Crippen LogP contribution in [0.4, 0.5) is 11.4 Å². The van der Waals surface area contributed by atoms with Crippen LogP contribution < -0.4 is 15.0 Å². The summed E-state index contributed by atoms with van der Waals surface area (Å²) in [6.07, 6.45) is 2.41. The van der Waals surface area contributed by atoms with Gasteiger partial charge in [-0.2, -0.15) is 0 Å². The third kappa shape index (κ3) is 4.03. The van der Waals surface area contributed by atoms with Crippen LogP contribution in [0, 0.1) is 6.92 Å². The SMILES string of the molecule is Cc1ccc(OCC(=O)Nc2ccccc2N2CCCC2)cc1. The Hall–Kier alpha value is -2.49. The van der Waals surface area contributed by atoms with E-state index in [0.29, 0.717) is 5.75 Å². The number of carbonyl (C=O) groups excluding carboxylic acids is 1. The second-order valence-corrected chi connectivity index (χ2v) is 5.86. The van der Waals surface area contributed by atoms with Gasteiger partial charge in [0, 0.05) is 13.1 Å². The molecule has 0 radical (unpaired) electrons. The number of benzene rings is 2. The van der Waals surface area contributed by atoms with E-state index in [1.807, 2.05) is 49.4 Å². The van der Waals surface area contributed by atoms with Gasteiger partial charge in [-0.15, -0.1) is 0 Å². The van der Waals surface area contributed by atoms with Crippen LogP contribution in [-0.4, -0.2) is 25.6 Å². The minimum absolute atomic E-state index is 0.0113. The Morgan fingerprint density at radius 2 is 1.78 bits per heavy atom. The number of rotatable bonds is 5. The fourth-order valence-electron chi connectivity index (χ4n) is 2.78. The molecule has 1 heterocycles. The smallest absolute Gasteiger partial charge is 0.262 e. The molecular formula is C19H22N2O2. The molecule has 2 aromatic carbocycles. The molecule has 3 rings (SSSR count). The average molecular weight is 310 g/mol. The van der Waals surface area contributed by atoms with Gasteiger partial charge in [-0.05, 0) is 44.0 Å². The van der Waals surface area contributed by atoms with Gasteiger partial charge in [0.2, 0.25) is 0 Å². The number of ether oxygens (including phenoxy) is 1. The van der Waals surface area contributed by atoms with Gasteiger partial charge in [-0.3, -0.25) is 4.79 Å². The maximum Gasteiger partial charge on any atom is 0.262 e. The molecule has 120 valence electrons. The summed E-state index contributed by atoms with van der Waals surface area (Å²) < 4.78 is 5.53.